The van der Waals surface area contributed by atoms with Crippen LogP contribution in [0, 0.1) is 12.8 Å². The molecule has 0 amide bonds. The van der Waals surface area contributed by atoms with Gasteiger partial charge in [-0.05, 0) is 42.0 Å². The molecule has 21 heavy (non-hydrogen) atoms. The van der Waals surface area contributed by atoms with E-state index in [0.717, 1.165) is 18.9 Å². The van der Waals surface area contributed by atoms with Gasteiger partial charge in [0.25, 0.3) is 0 Å². The molecule has 1 aromatic carbocycles. The second-order valence-corrected chi connectivity index (χ2v) is 7.09. The van der Waals surface area contributed by atoms with E-state index in [1.165, 1.54) is 17.5 Å². The quantitative estimate of drug-likeness (QED) is 0.786. The normalized spacial score (nSPS) is 14.8. The molecule has 1 aromatic rings. The van der Waals surface area contributed by atoms with Gasteiger partial charge >= 0.3 is 0 Å². The minimum atomic E-state index is 0.187. The molecule has 0 bridgehead atoms. The standard InChI is InChI=1S/C19H33NO/c1-8-14(3)17(20-9-2)13-21-18-11-10-16(12-15(18)4)19(5,6)7/h10-12,14,17,20H,8-9,13H2,1-7H3. The first-order chi connectivity index (χ1) is 9.79. The Bertz CT molecular complexity index is 434. The molecule has 0 radical (unpaired) electrons. The summed E-state index contributed by atoms with van der Waals surface area (Å²) in [5, 5.41) is 3.53. The summed E-state index contributed by atoms with van der Waals surface area (Å²) in [6.45, 7) is 17.3. The van der Waals surface area contributed by atoms with E-state index >= 15 is 0 Å². The Hall–Kier alpha value is -1.02. The van der Waals surface area contributed by atoms with Crippen LogP contribution in [0.2, 0.25) is 0 Å². The van der Waals surface area contributed by atoms with Crippen LogP contribution in [0.15, 0.2) is 18.2 Å². The topological polar surface area (TPSA) is 21.3 Å². The summed E-state index contributed by atoms with van der Waals surface area (Å²) in [5.74, 6) is 1.63. The Labute approximate surface area is 131 Å². The number of ether oxygens (including phenoxy) is 1. The smallest absolute Gasteiger partial charge is 0.122 e. The van der Waals surface area contributed by atoms with Gasteiger partial charge in [0, 0.05) is 6.04 Å². The third-order valence-corrected chi connectivity index (χ3v) is 4.26. The fourth-order valence-electron chi connectivity index (χ4n) is 2.43. The van der Waals surface area contributed by atoms with Crippen molar-refractivity contribution in [3.8, 4) is 5.75 Å². The van der Waals surface area contributed by atoms with Gasteiger partial charge in [0.1, 0.15) is 12.4 Å². The van der Waals surface area contributed by atoms with Crippen LogP contribution < -0.4 is 10.1 Å². The number of hydrogen-bond donors (Lipinski definition) is 1. The summed E-state index contributed by atoms with van der Waals surface area (Å²) < 4.78 is 6.08. The first-order valence-electron chi connectivity index (χ1n) is 8.26. The molecular formula is C19H33NO. The summed E-state index contributed by atoms with van der Waals surface area (Å²) >= 11 is 0. The van der Waals surface area contributed by atoms with Crippen LogP contribution in [0.3, 0.4) is 0 Å². The highest BCUT2D eigenvalue weighted by Crippen LogP contribution is 2.27. The van der Waals surface area contributed by atoms with Gasteiger partial charge in [-0.15, -0.1) is 0 Å². The van der Waals surface area contributed by atoms with E-state index in [1.807, 2.05) is 0 Å². The monoisotopic (exact) mass is 291 g/mol. The molecule has 2 heteroatoms. The third-order valence-electron chi connectivity index (χ3n) is 4.26. The summed E-state index contributed by atoms with van der Waals surface area (Å²) in [6, 6.07) is 6.98. The van der Waals surface area contributed by atoms with Gasteiger partial charge in [-0.2, -0.15) is 0 Å². The molecule has 0 saturated carbocycles. The molecule has 2 nitrogen and oxygen atoms in total. The number of rotatable bonds is 7. The van der Waals surface area contributed by atoms with Crippen molar-refractivity contribution in [2.24, 2.45) is 5.92 Å². The van der Waals surface area contributed by atoms with Gasteiger partial charge in [0.05, 0.1) is 0 Å². The van der Waals surface area contributed by atoms with E-state index in [2.05, 4.69) is 72.0 Å². The molecule has 2 unspecified atom stereocenters. The maximum atomic E-state index is 6.08. The maximum Gasteiger partial charge on any atom is 0.122 e. The molecule has 1 N–H and O–H groups in total. The first kappa shape index (κ1) is 18.0. The second kappa shape index (κ2) is 7.84. The SMILES string of the molecule is CCNC(COc1ccc(C(C)(C)C)cc1C)C(C)CC. The maximum absolute atomic E-state index is 6.08. The van der Waals surface area contributed by atoms with E-state index in [-0.39, 0.29) is 5.41 Å². The fourth-order valence-corrected chi connectivity index (χ4v) is 2.43. The molecule has 0 saturated heterocycles. The van der Waals surface area contributed by atoms with E-state index in [9.17, 15) is 0 Å². The lowest BCUT2D eigenvalue weighted by Crippen LogP contribution is -2.39. The predicted octanol–water partition coefficient (Wildman–Crippen LogP) is 4.70. The summed E-state index contributed by atoms with van der Waals surface area (Å²) in [5.41, 5.74) is 2.77. The summed E-state index contributed by atoms with van der Waals surface area (Å²) in [4.78, 5) is 0. The molecular weight excluding hydrogens is 258 g/mol. The van der Waals surface area contributed by atoms with Crippen LogP contribution in [-0.4, -0.2) is 19.2 Å². The highest BCUT2D eigenvalue weighted by Gasteiger charge is 2.17. The second-order valence-electron chi connectivity index (χ2n) is 7.09. The first-order valence-corrected chi connectivity index (χ1v) is 8.26. The average molecular weight is 291 g/mol. The van der Waals surface area contributed by atoms with Gasteiger partial charge in [0.2, 0.25) is 0 Å². The Morgan fingerprint density at radius 1 is 1.19 bits per heavy atom. The molecule has 2 atom stereocenters. The highest BCUT2D eigenvalue weighted by atomic mass is 16.5. The fraction of sp³-hybridized carbons (Fsp3) is 0.684. The molecule has 0 aliphatic carbocycles. The summed E-state index contributed by atoms with van der Waals surface area (Å²) in [6.07, 6.45) is 1.17. The minimum absolute atomic E-state index is 0.187. The zero-order chi connectivity index (χ0) is 16.0. The van der Waals surface area contributed by atoms with E-state index in [1.54, 1.807) is 0 Å². The molecule has 0 spiro atoms. The van der Waals surface area contributed by atoms with Crippen LogP contribution in [0.1, 0.15) is 59.1 Å². The number of hydrogen-bond acceptors (Lipinski definition) is 2. The van der Waals surface area contributed by atoms with Crippen molar-refractivity contribution >= 4 is 0 Å². The van der Waals surface area contributed by atoms with Crippen LogP contribution in [0.5, 0.6) is 5.75 Å². The Balaban J connectivity index is 2.74. The molecule has 120 valence electrons. The lowest BCUT2D eigenvalue weighted by Gasteiger charge is -2.25. The van der Waals surface area contributed by atoms with Crippen molar-refractivity contribution in [3.63, 3.8) is 0 Å². The van der Waals surface area contributed by atoms with Crippen molar-refractivity contribution < 1.29 is 4.74 Å². The minimum Gasteiger partial charge on any atom is -0.492 e. The molecule has 1 rings (SSSR count). The molecule has 0 heterocycles. The van der Waals surface area contributed by atoms with Gasteiger partial charge in [-0.1, -0.05) is 60.1 Å². The van der Waals surface area contributed by atoms with Crippen LogP contribution >= 0.6 is 0 Å². The number of benzene rings is 1. The summed E-state index contributed by atoms with van der Waals surface area (Å²) in [7, 11) is 0. The van der Waals surface area contributed by atoms with E-state index in [0.29, 0.717) is 12.0 Å². The van der Waals surface area contributed by atoms with Crippen molar-refractivity contribution in [1.82, 2.24) is 5.32 Å². The van der Waals surface area contributed by atoms with Crippen LogP contribution in [-0.2, 0) is 5.41 Å². The highest BCUT2D eigenvalue weighted by molar-refractivity contribution is 5.38. The number of nitrogens with one attached hydrogen (secondary N) is 1. The van der Waals surface area contributed by atoms with Crippen molar-refractivity contribution in [1.29, 1.82) is 0 Å². The van der Waals surface area contributed by atoms with E-state index in [4.69, 9.17) is 4.74 Å². The molecule has 0 aliphatic heterocycles. The van der Waals surface area contributed by atoms with Gasteiger partial charge in [-0.25, -0.2) is 0 Å². The third kappa shape index (κ3) is 5.35. The predicted molar refractivity (Wildman–Crippen MR) is 92.3 cm³/mol. The number of likely N-dealkylation sites (N-methyl/N-ethyl adjacent to an activating group) is 1. The lowest BCUT2D eigenvalue weighted by atomic mass is 9.86. The van der Waals surface area contributed by atoms with Gasteiger partial charge in [-0.3, -0.25) is 0 Å². The Kier molecular flexibility index (Phi) is 6.73. The van der Waals surface area contributed by atoms with Crippen molar-refractivity contribution in [2.75, 3.05) is 13.2 Å². The van der Waals surface area contributed by atoms with Crippen molar-refractivity contribution in [3.05, 3.63) is 29.3 Å². The van der Waals surface area contributed by atoms with Crippen molar-refractivity contribution in [2.45, 2.75) is 66.3 Å². The Morgan fingerprint density at radius 3 is 2.33 bits per heavy atom. The van der Waals surface area contributed by atoms with Crippen LogP contribution in [0.25, 0.3) is 0 Å². The molecule has 0 fully saturated rings. The van der Waals surface area contributed by atoms with Gasteiger partial charge < -0.3 is 10.1 Å². The Morgan fingerprint density at radius 2 is 1.86 bits per heavy atom. The van der Waals surface area contributed by atoms with Crippen LogP contribution in [0.4, 0.5) is 0 Å². The largest absolute Gasteiger partial charge is 0.492 e. The van der Waals surface area contributed by atoms with Gasteiger partial charge in [0.15, 0.2) is 0 Å². The average Bonchev–Trinajstić information content (AvgIpc) is 2.42. The molecule has 0 aliphatic rings. The molecule has 0 aromatic heterocycles. The zero-order valence-corrected chi connectivity index (χ0v) is 14.9. The lowest BCUT2D eigenvalue weighted by molar-refractivity contribution is 0.221. The zero-order valence-electron chi connectivity index (χ0n) is 14.9. The van der Waals surface area contributed by atoms with E-state index < -0.39 is 0 Å². The number of aryl methyl sites for hydroxylation is 1.